The van der Waals surface area contributed by atoms with Gasteiger partial charge in [0.05, 0.1) is 10.3 Å². The molecule has 0 aliphatic rings. The van der Waals surface area contributed by atoms with Gasteiger partial charge in [-0.2, -0.15) is 13.2 Å². The largest absolute Gasteiger partial charge is 0.434 e. The second-order valence-electron chi connectivity index (χ2n) is 4.63. The summed E-state index contributed by atoms with van der Waals surface area (Å²) >= 11 is 3.22. The van der Waals surface area contributed by atoms with Crippen LogP contribution in [0.5, 0.6) is 5.75 Å². The molecule has 0 fully saturated rings. The summed E-state index contributed by atoms with van der Waals surface area (Å²) in [6, 6.07) is 4.64. The Bertz CT molecular complexity index is 501. The Kier molecular flexibility index (Phi) is 5.61. The zero-order valence-corrected chi connectivity index (χ0v) is 13.1. The Hall–Kier alpha value is -0.820. The molecule has 1 aromatic rings. The summed E-state index contributed by atoms with van der Waals surface area (Å²) in [5.74, 6) is -0.0148. The Labute approximate surface area is 121 Å². The van der Waals surface area contributed by atoms with Gasteiger partial charge in [0, 0.05) is 10.7 Å². The summed E-state index contributed by atoms with van der Waals surface area (Å²) in [5.41, 5.74) is 0.334. The lowest BCUT2D eigenvalue weighted by atomic mass is 10.2. The molecule has 0 aromatic heterocycles. The summed E-state index contributed by atoms with van der Waals surface area (Å²) in [7, 11) is -1.46. The van der Waals surface area contributed by atoms with Crippen molar-refractivity contribution < 1.29 is 17.7 Å². The van der Waals surface area contributed by atoms with Gasteiger partial charge in [0.1, 0.15) is 16.7 Å². The van der Waals surface area contributed by atoms with Crippen LogP contribution >= 0.6 is 15.9 Å². The summed E-state index contributed by atoms with van der Waals surface area (Å²) < 4.78 is 44.7. The highest BCUT2D eigenvalue weighted by Crippen LogP contribution is 2.27. The van der Waals surface area contributed by atoms with Crippen molar-refractivity contribution in [1.82, 2.24) is 0 Å². The molecule has 0 saturated carbocycles. The van der Waals surface area contributed by atoms with Crippen LogP contribution in [0, 0.1) is 0 Å². The van der Waals surface area contributed by atoms with Gasteiger partial charge in [0.15, 0.2) is 0 Å². The van der Waals surface area contributed by atoms with E-state index in [1.165, 1.54) is 12.3 Å². The molecule has 1 aromatic carbocycles. The molecule has 0 N–H and O–H groups in total. The zero-order valence-electron chi connectivity index (χ0n) is 10.7. The lowest BCUT2D eigenvalue weighted by molar-refractivity contribution is -0.0499. The molecule has 0 aliphatic carbocycles. The average Bonchev–Trinajstić information content (AvgIpc) is 2.25. The highest BCUT2D eigenvalue weighted by molar-refractivity contribution is 9.10. The summed E-state index contributed by atoms with van der Waals surface area (Å²) in [5, 5.41) is 0. The van der Waals surface area contributed by atoms with Gasteiger partial charge in [-0.1, -0.05) is 6.07 Å². The van der Waals surface area contributed by atoms with Crippen LogP contribution < -0.4 is 4.74 Å². The van der Waals surface area contributed by atoms with E-state index in [1.807, 2.05) is 0 Å². The molecule has 0 aliphatic heterocycles. The first-order valence-electron chi connectivity index (χ1n) is 5.41. The minimum atomic E-state index is -2.92. The van der Waals surface area contributed by atoms with E-state index in [1.54, 1.807) is 32.9 Å². The van der Waals surface area contributed by atoms with Crippen molar-refractivity contribution in [3.05, 3.63) is 28.2 Å². The fourth-order valence-electron chi connectivity index (χ4n) is 1.10. The molecule has 0 spiro atoms. The van der Waals surface area contributed by atoms with Gasteiger partial charge in [0.25, 0.3) is 0 Å². The minimum Gasteiger partial charge on any atom is -0.434 e. The van der Waals surface area contributed by atoms with E-state index in [2.05, 4.69) is 25.1 Å². The summed E-state index contributed by atoms with van der Waals surface area (Å²) in [4.78, 5) is 0. The Morgan fingerprint density at radius 1 is 1.42 bits per heavy atom. The van der Waals surface area contributed by atoms with E-state index in [0.717, 1.165) is 0 Å². The van der Waals surface area contributed by atoms with Crippen LogP contribution in [0.4, 0.5) is 8.78 Å². The Morgan fingerprint density at radius 3 is 2.58 bits per heavy atom. The van der Waals surface area contributed by atoms with E-state index in [0.29, 0.717) is 10.0 Å². The number of benzene rings is 1. The molecular formula is C12H14BrF2NO2S. The third-order valence-corrected chi connectivity index (χ3v) is 4.07. The predicted octanol–water partition coefficient (Wildman–Crippen LogP) is 3.93. The maximum Gasteiger partial charge on any atom is 0.387 e. The van der Waals surface area contributed by atoms with Crippen molar-refractivity contribution in [2.24, 2.45) is 4.40 Å². The van der Waals surface area contributed by atoms with Crippen molar-refractivity contribution in [2.45, 2.75) is 32.1 Å². The van der Waals surface area contributed by atoms with Crippen LogP contribution in [0.25, 0.3) is 0 Å². The lowest BCUT2D eigenvalue weighted by Gasteiger charge is -2.13. The van der Waals surface area contributed by atoms with Crippen LogP contribution in [0.1, 0.15) is 26.3 Å². The molecule has 0 bridgehead atoms. The maximum absolute atomic E-state index is 12.3. The molecule has 106 valence electrons. The van der Waals surface area contributed by atoms with Gasteiger partial charge in [-0.15, -0.1) is 0 Å². The van der Waals surface area contributed by atoms with E-state index < -0.39 is 22.3 Å². The molecule has 0 saturated heterocycles. The van der Waals surface area contributed by atoms with Gasteiger partial charge in [0.2, 0.25) is 0 Å². The first-order valence-corrected chi connectivity index (χ1v) is 7.31. The number of hydrogen-bond donors (Lipinski definition) is 0. The van der Waals surface area contributed by atoms with Crippen molar-refractivity contribution in [1.29, 1.82) is 0 Å². The first kappa shape index (κ1) is 16.2. The third kappa shape index (κ3) is 4.99. The predicted molar refractivity (Wildman–Crippen MR) is 76.3 cm³/mol. The van der Waals surface area contributed by atoms with E-state index in [4.69, 9.17) is 0 Å². The van der Waals surface area contributed by atoms with Crippen LogP contribution in [0.2, 0.25) is 0 Å². The maximum atomic E-state index is 12.3. The average molecular weight is 354 g/mol. The quantitative estimate of drug-likeness (QED) is 0.769. The van der Waals surface area contributed by atoms with Gasteiger partial charge in [-0.25, -0.2) is 4.21 Å². The molecule has 0 heterocycles. The monoisotopic (exact) mass is 353 g/mol. The Morgan fingerprint density at radius 2 is 2.05 bits per heavy atom. The highest BCUT2D eigenvalue weighted by atomic mass is 79.9. The van der Waals surface area contributed by atoms with Crippen LogP contribution in [0.15, 0.2) is 27.1 Å². The van der Waals surface area contributed by atoms with Crippen molar-refractivity contribution in [3.8, 4) is 5.75 Å². The molecule has 3 nitrogen and oxygen atoms in total. The van der Waals surface area contributed by atoms with Crippen molar-refractivity contribution in [2.75, 3.05) is 0 Å². The number of halogens is 3. The van der Waals surface area contributed by atoms with Gasteiger partial charge in [-0.3, -0.25) is 0 Å². The van der Waals surface area contributed by atoms with Gasteiger partial charge < -0.3 is 4.74 Å². The third-order valence-electron chi connectivity index (χ3n) is 2.03. The summed E-state index contributed by atoms with van der Waals surface area (Å²) in [6.07, 6.45) is 1.28. The molecule has 1 rings (SSSR count). The van der Waals surface area contributed by atoms with Crippen LogP contribution in [-0.2, 0) is 11.0 Å². The number of rotatable bonds is 4. The number of hydrogen-bond acceptors (Lipinski definition) is 2. The standard InChI is InChI=1S/C12H14BrF2NO2S/c1-12(2,3)19(17)16-7-8-9(13)5-4-6-10(8)18-11(14)15/h4-7,11H,1-3H3. The molecule has 1 atom stereocenters. The van der Waals surface area contributed by atoms with E-state index in [9.17, 15) is 13.0 Å². The normalized spacial score (nSPS) is 14.1. The topological polar surface area (TPSA) is 38.7 Å². The molecule has 0 amide bonds. The van der Waals surface area contributed by atoms with Crippen LogP contribution in [-0.4, -0.2) is 21.8 Å². The van der Waals surface area contributed by atoms with E-state index >= 15 is 0 Å². The van der Waals surface area contributed by atoms with E-state index in [-0.39, 0.29) is 5.75 Å². The van der Waals surface area contributed by atoms with Gasteiger partial charge in [-0.05, 0) is 48.8 Å². The zero-order chi connectivity index (χ0) is 14.6. The van der Waals surface area contributed by atoms with Crippen molar-refractivity contribution >= 4 is 33.1 Å². The van der Waals surface area contributed by atoms with Gasteiger partial charge >= 0.3 is 6.61 Å². The first-order chi connectivity index (χ1) is 8.71. The number of nitrogens with zero attached hydrogens (tertiary/aromatic N) is 1. The smallest absolute Gasteiger partial charge is 0.387 e. The van der Waals surface area contributed by atoms with Crippen molar-refractivity contribution in [3.63, 3.8) is 0 Å². The number of alkyl halides is 2. The van der Waals surface area contributed by atoms with Crippen LogP contribution in [0.3, 0.4) is 0 Å². The lowest BCUT2D eigenvalue weighted by Crippen LogP contribution is -2.19. The minimum absolute atomic E-state index is 0.0148. The summed E-state index contributed by atoms with van der Waals surface area (Å²) in [6.45, 7) is 2.40. The Balaban J connectivity index is 3.06. The number of ether oxygens (including phenoxy) is 1. The second kappa shape index (κ2) is 6.56. The highest BCUT2D eigenvalue weighted by Gasteiger charge is 2.19. The fourth-order valence-corrected chi connectivity index (χ4v) is 2.07. The molecule has 0 radical (unpaired) electrons. The fraction of sp³-hybridized carbons (Fsp3) is 0.417. The molecular weight excluding hydrogens is 340 g/mol. The second-order valence-corrected chi connectivity index (χ2v) is 7.41. The molecule has 1 unspecified atom stereocenters. The molecule has 19 heavy (non-hydrogen) atoms. The molecule has 7 heteroatoms. The SMILES string of the molecule is CC(C)(C)S(=O)N=Cc1c(Br)cccc1OC(F)F.